The van der Waals surface area contributed by atoms with Crippen LogP contribution in [-0.2, 0) is 18.9 Å². The first-order chi connectivity index (χ1) is 9.80. The summed E-state index contributed by atoms with van der Waals surface area (Å²) >= 11 is 0. The minimum Gasteiger partial charge on any atom is -0.394 e. The molecule has 0 radical (unpaired) electrons. The van der Waals surface area contributed by atoms with Crippen molar-refractivity contribution in [2.45, 2.75) is 57.2 Å². The van der Waals surface area contributed by atoms with Crippen molar-refractivity contribution < 1.29 is 29.2 Å². The van der Waals surface area contributed by atoms with Crippen molar-refractivity contribution in [3.63, 3.8) is 0 Å². The number of ether oxygens (including phenoxy) is 4. The quantitative estimate of drug-likeness (QED) is 0.788. The molecular weight excluding hydrogens is 264 g/mol. The molecule has 2 fully saturated rings. The second-order valence-electron chi connectivity index (χ2n) is 4.95. The largest absolute Gasteiger partial charge is 0.394 e. The van der Waals surface area contributed by atoms with Crippen LogP contribution in [0.4, 0.5) is 0 Å². The third kappa shape index (κ3) is 7.52. The van der Waals surface area contributed by atoms with Crippen LogP contribution in [0.2, 0.25) is 0 Å². The Morgan fingerprint density at radius 3 is 1.70 bits per heavy atom. The lowest BCUT2D eigenvalue weighted by Crippen LogP contribution is -2.31. The van der Waals surface area contributed by atoms with E-state index in [1.807, 2.05) is 0 Å². The molecule has 20 heavy (non-hydrogen) atoms. The molecule has 120 valence electrons. The molecule has 2 heterocycles. The van der Waals surface area contributed by atoms with E-state index in [0.717, 1.165) is 26.1 Å². The van der Waals surface area contributed by atoms with Gasteiger partial charge < -0.3 is 29.2 Å². The van der Waals surface area contributed by atoms with Crippen LogP contribution in [0.5, 0.6) is 0 Å². The highest BCUT2D eigenvalue weighted by Crippen LogP contribution is 2.20. The van der Waals surface area contributed by atoms with Gasteiger partial charge in [-0.2, -0.15) is 0 Å². The molecule has 2 aliphatic heterocycles. The van der Waals surface area contributed by atoms with E-state index in [2.05, 4.69) is 4.74 Å². The Hall–Kier alpha value is -0.240. The van der Waals surface area contributed by atoms with E-state index in [1.54, 1.807) is 0 Å². The maximum absolute atomic E-state index is 8.24. The fraction of sp³-hybridized carbons (Fsp3) is 1.00. The topological polar surface area (TPSA) is 77.4 Å². The number of methoxy groups -OCH3 is 1. The Morgan fingerprint density at radius 1 is 0.950 bits per heavy atom. The summed E-state index contributed by atoms with van der Waals surface area (Å²) in [5.74, 6) is 0. The third-order valence-electron chi connectivity index (χ3n) is 3.32. The molecule has 6 heteroatoms. The Morgan fingerprint density at radius 2 is 1.45 bits per heavy atom. The molecule has 0 aromatic heterocycles. The van der Waals surface area contributed by atoms with Gasteiger partial charge in [0.05, 0.1) is 13.2 Å². The minimum atomic E-state index is -0.403. The molecule has 2 aliphatic rings. The van der Waals surface area contributed by atoms with E-state index in [-0.39, 0.29) is 25.8 Å². The van der Waals surface area contributed by atoms with Gasteiger partial charge >= 0.3 is 0 Å². The number of aliphatic hydroxyl groups is 2. The van der Waals surface area contributed by atoms with Crippen LogP contribution in [0.25, 0.3) is 0 Å². The molecule has 0 aliphatic carbocycles. The molecule has 0 bridgehead atoms. The Bertz CT molecular complexity index is 188. The Balaban J connectivity index is 0.000000246. The monoisotopic (exact) mass is 292 g/mol. The van der Waals surface area contributed by atoms with Crippen LogP contribution in [0.3, 0.4) is 0 Å². The van der Waals surface area contributed by atoms with Gasteiger partial charge in [-0.3, -0.25) is 0 Å². The van der Waals surface area contributed by atoms with Crippen LogP contribution in [0.15, 0.2) is 0 Å². The summed E-state index contributed by atoms with van der Waals surface area (Å²) in [5.41, 5.74) is 0. The van der Waals surface area contributed by atoms with Crippen LogP contribution in [-0.4, -0.2) is 62.4 Å². The second kappa shape index (κ2) is 11.4. The second-order valence-corrected chi connectivity index (χ2v) is 4.95. The maximum atomic E-state index is 8.24. The Kier molecular flexibility index (Phi) is 10.2. The molecule has 0 spiro atoms. The highest BCUT2D eigenvalue weighted by molar-refractivity contribution is 4.59. The Labute approximate surface area is 121 Å². The van der Waals surface area contributed by atoms with Gasteiger partial charge in [0, 0.05) is 20.3 Å². The van der Waals surface area contributed by atoms with Crippen molar-refractivity contribution in [1.82, 2.24) is 0 Å². The lowest BCUT2D eigenvalue weighted by atomic mass is 10.2. The van der Waals surface area contributed by atoms with Crippen molar-refractivity contribution in [3.05, 3.63) is 0 Å². The average Bonchev–Trinajstić information content (AvgIpc) is 2.52. The fourth-order valence-electron chi connectivity index (χ4n) is 2.01. The molecule has 2 saturated heterocycles. The molecular formula is C14H28O6. The average molecular weight is 292 g/mol. The van der Waals surface area contributed by atoms with Crippen molar-refractivity contribution in [2.75, 3.05) is 33.5 Å². The molecule has 2 N–H and O–H groups in total. The minimum absolute atomic E-state index is 0.00292. The van der Waals surface area contributed by atoms with Gasteiger partial charge in [0.25, 0.3) is 0 Å². The number of aliphatic hydroxyl groups excluding tert-OH is 2. The lowest BCUT2D eigenvalue weighted by Gasteiger charge is -2.29. The van der Waals surface area contributed by atoms with Crippen molar-refractivity contribution in [2.24, 2.45) is 0 Å². The highest BCUT2D eigenvalue weighted by atomic mass is 16.8. The summed E-state index contributed by atoms with van der Waals surface area (Å²) in [5, 5.41) is 16.5. The standard InChI is InChI=1S/C10H18O3.C4H10O3/c1-3-7-11-9(5-1)13-10-6-2-4-8-12-10;1-7-4(2-5)3-6/h9-10H,1-8H2;4-6H,2-3H2,1H3. The van der Waals surface area contributed by atoms with Gasteiger partial charge in [0.1, 0.15) is 6.10 Å². The van der Waals surface area contributed by atoms with Gasteiger partial charge in [-0.05, 0) is 38.5 Å². The first kappa shape index (κ1) is 17.8. The normalized spacial score (nSPS) is 27.0. The van der Waals surface area contributed by atoms with E-state index in [9.17, 15) is 0 Å². The zero-order chi connectivity index (χ0) is 14.6. The molecule has 6 nitrogen and oxygen atoms in total. The van der Waals surface area contributed by atoms with Crippen LogP contribution >= 0.6 is 0 Å². The van der Waals surface area contributed by atoms with Gasteiger partial charge in [-0.15, -0.1) is 0 Å². The summed E-state index contributed by atoms with van der Waals surface area (Å²) in [6.45, 7) is 1.45. The number of hydrogen-bond donors (Lipinski definition) is 2. The summed E-state index contributed by atoms with van der Waals surface area (Å²) in [4.78, 5) is 0. The predicted octanol–water partition coefficient (Wildman–Crippen LogP) is 1.04. The summed E-state index contributed by atoms with van der Waals surface area (Å²) in [7, 11) is 1.44. The predicted molar refractivity (Wildman–Crippen MR) is 73.2 cm³/mol. The van der Waals surface area contributed by atoms with Gasteiger partial charge in [0.2, 0.25) is 0 Å². The van der Waals surface area contributed by atoms with E-state index in [4.69, 9.17) is 24.4 Å². The maximum Gasteiger partial charge on any atom is 0.160 e. The highest BCUT2D eigenvalue weighted by Gasteiger charge is 2.21. The van der Waals surface area contributed by atoms with Crippen LogP contribution in [0, 0.1) is 0 Å². The van der Waals surface area contributed by atoms with E-state index in [1.165, 1.54) is 32.8 Å². The zero-order valence-corrected chi connectivity index (χ0v) is 12.3. The van der Waals surface area contributed by atoms with Crippen molar-refractivity contribution in [1.29, 1.82) is 0 Å². The molecule has 2 unspecified atom stereocenters. The smallest absolute Gasteiger partial charge is 0.160 e. The van der Waals surface area contributed by atoms with Gasteiger partial charge in [-0.25, -0.2) is 0 Å². The van der Waals surface area contributed by atoms with Crippen LogP contribution < -0.4 is 0 Å². The summed E-state index contributed by atoms with van der Waals surface area (Å²) < 4.78 is 21.2. The number of rotatable bonds is 5. The lowest BCUT2D eigenvalue weighted by molar-refractivity contribution is -0.264. The van der Waals surface area contributed by atoms with Crippen LogP contribution in [0.1, 0.15) is 38.5 Å². The summed E-state index contributed by atoms with van der Waals surface area (Å²) in [6, 6.07) is 0. The first-order valence-electron chi connectivity index (χ1n) is 7.43. The third-order valence-corrected chi connectivity index (χ3v) is 3.32. The molecule has 2 rings (SSSR count). The molecule has 0 aromatic carbocycles. The first-order valence-corrected chi connectivity index (χ1v) is 7.43. The van der Waals surface area contributed by atoms with Crippen molar-refractivity contribution in [3.8, 4) is 0 Å². The SMILES string of the molecule is C1CCC(OC2CCCCO2)OC1.COC(CO)CO. The van der Waals surface area contributed by atoms with E-state index in [0.29, 0.717) is 0 Å². The molecule has 0 amide bonds. The number of hydrogen-bond acceptors (Lipinski definition) is 6. The van der Waals surface area contributed by atoms with Gasteiger partial charge in [-0.1, -0.05) is 0 Å². The van der Waals surface area contributed by atoms with E-state index >= 15 is 0 Å². The molecule has 0 aromatic rings. The summed E-state index contributed by atoms with van der Waals surface area (Å²) in [6.07, 6.45) is 6.43. The van der Waals surface area contributed by atoms with E-state index < -0.39 is 6.10 Å². The molecule has 0 saturated carbocycles. The zero-order valence-electron chi connectivity index (χ0n) is 12.3. The fourth-order valence-corrected chi connectivity index (χ4v) is 2.01. The van der Waals surface area contributed by atoms with Gasteiger partial charge in [0.15, 0.2) is 12.6 Å². The van der Waals surface area contributed by atoms with Crippen molar-refractivity contribution >= 4 is 0 Å². The molecule has 2 atom stereocenters.